The number of rotatable bonds is 5. The molecule has 10 nitrogen and oxygen atoms in total. The molecule has 0 bridgehead atoms. The first-order chi connectivity index (χ1) is 13.1. The maximum Gasteiger partial charge on any atom is 0.181 e. The van der Waals surface area contributed by atoms with Gasteiger partial charge >= 0.3 is 0 Å². The SMILES string of the molecule is OC[C@H]1O[C@@H](n2nc(Br)c3c(NCc4ccccn4)ncnc32)[C@@H](O)[C@H]1O. The summed E-state index contributed by atoms with van der Waals surface area (Å²) in [6.45, 7) is 0.0411. The maximum absolute atomic E-state index is 10.3. The van der Waals surface area contributed by atoms with E-state index in [0.717, 1.165) is 5.69 Å². The molecule has 0 aromatic carbocycles. The van der Waals surface area contributed by atoms with E-state index in [1.54, 1.807) is 6.20 Å². The molecule has 142 valence electrons. The lowest BCUT2D eigenvalue weighted by molar-refractivity contribution is -0.0567. The first-order valence-corrected chi connectivity index (χ1v) is 9.04. The van der Waals surface area contributed by atoms with E-state index in [4.69, 9.17) is 4.74 Å². The average Bonchev–Trinajstić information content (AvgIpc) is 3.18. The second-order valence-corrected chi connectivity index (χ2v) is 6.81. The summed E-state index contributed by atoms with van der Waals surface area (Å²) in [4.78, 5) is 12.8. The van der Waals surface area contributed by atoms with Crippen molar-refractivity contribution < 1.29 is 20.1 Å². The number of pyridine rings is 1. The number of halogens is 1. The van der Waals surface area contributed by atoms with E-state index in [1.807, 2.05) is 18.2 Å². The maximum atomic E-state index is 10.3. The Labute approximate surface area is 162 Å². The number of aliphatic hydroxyl groups excluding tert-OH is 3. The standard InChI is InChI=1S/C16H17BrN6O4/c17-13-10-14(19-5-8-3-1-2-4-18-8)20-7-21-15(10)23(22-13)16-12(26)11(25)9(6-24)27-16/h1-4,7,9,11-12,16,24-26H,5-6H2,(H,19,20,21)/t9-,11+,12+,16-/m1/s1. The zero-order valence-electron chi connectivity index (χ0n) is 14.0. The molecule has 3 aromatic rings. The van der Waals surface area contributed by atoms with Crippen molar-refractivity contribution >= 4 is 32.8 Å². The molecule has 27 heavy (non-hydrogen) atoms. The number of nitrogens with zero attached hydrogens (tertiary/aromatic N) is 5. The van der Waals surface area contributed by atoms with Crippen molar-refractivity contribution in [2.45, 2.75) is 31.1 Å². The second kappa shape index (κ2) is 7.44. The van der Waals surface area contributed by atoms with Gasteiger partial charge in [-0.1, -0.05) is 6.07 Å². The van der Waals surface area contributed by atoms with Gasteiger partial charge in [-0.3, -0.25) is 4.98 Å². The van der Waals surface area contributed by atoms with Crippen LogP contribution in [-0.2, 0) is 11.3 Å². The van der Waals surface area contributed by atoms with Gasteiger partial charge in [0, 0.05) is 6.20 Å². The molecule has 0 aliphatic carbocycles. The number of fused-ring (bicyclic) bond motifs is 1. The fourth-order valence-electron chi connectivity index (χ4n) is 3.00. The third kappa shape index (κ3) is 3.28. The predicted molar refractivity (Wildman–Crippen MR) is 97.6 cm³/mol. The molecule has 1 fully saturated rings. The summed E-state index contributed by atoms with van der Waals surface area (Å²) in [5, 5.41) is 37.7. The normalized spacial score (nSPS) is 25.2. The van der Waals surface area contributed by atoms with Crippen molar-refractivity contribution in [3.63, 3.8) is 0 Å². The van der Waals surface area contributed by atoms with Crippen molar-refractivity contribution in [3.05, 3.63) is 41.0 Å². The fraction of sp³-hybridized carbons (Fsp3) is 0.375. The van der Waals surface area contributed by atoms with Crippen LogP contribution in [-0.4, -0.2) is 65.0 Å². The fourth-order valence-corrected chi connectivity index (χ4v) is 3.54. The van der Waals surface area contributed by atoms with Crippen LogP contribution in [0.2, 0.25) is 0 Å². The molecule has 4 atom stereocenters. The molecular formula is C16H17BrN6O4. The second-order valence-electron chi connectivity index (χ2n) is 6.06. The van der Waals surface area contributed by atoms with Crippen LogP contribution in [0.5, 0.6) is 0 Å². The molecular weight excluding hydrogens is 420 g/mol. The molecule has 0 spiro atoms. The number of nitrogens with one attached hydrogen (secondary N) is 1. The van der Waals surface area contributed by atoms with Crippen LogP contribution in [0.1, 0.15) is 11.9 Å². The number of aliphatic hydroxyl groups is 3. The average molecular weight is 437 g/mol. The molecule has 1 aliphatic rings. The van der Waals surface area contributed by atoms with Gasteiger partial charge in [0.25, 0.3) is 0 Å². The van der Waals surface area contributed by atoms with Crippen molar-refractivity contribution in [3.8, 4) is 0 Å². The van der Waals surface area contributed by atoms with Crippen LogP contribution >= 0.6 is 15.9 Å². The van der Waals surface area contributed by atoms with E-state index in [-0.39, 0.29) is 0 Å². The molecule has 4 heterocycles. The summed E-state index contributed by atoms with van der Waals surface area (Å²) in [5.41, 5.74) is 1.26. The van der Waals surface area contributed by atoms with Gasteiger partial charge in [-0.15, -0.1) is 0 Å². The van der Waals surface area contributed by atoms with Gasteiger partial charge in [0.15, 0.2) is 11.9 Å². The Morgan fingerprint density at radius 1 is 1.19 bits per heavy atom. The van der Waals surface area contributed by atoms with Gasteiger partial charge in [0.05, 0.1) is 24.2 Å². The highest BCUT2D eigenvalue weighted by molar-refractivity contribution is 9.10. The number of hydrogen-bond acceptors (Lipinski definition) is 9. The lowest BCUT2D eigenvalue weighted by Crippen LogP contribution is -2.33. The Balaban J connectivity index is 1.67. The predicted octanol–water partition coefficient (Wildman–Crippen LogP) is 0.207. The Morgan fingerprint density at radius 2 is 2.04 bits per heavy atom. The van der Waals surface area contributed by atoms with E-state index >= 15 is 0 Å². The molecule has 1 aliphatic heterocycles. The molecule has 0 unspecified atom stereocenters. The van der Waals surface area contributed by atoms with Crippen LogP contribution in [0.15, 0.2) is 35.3 Å². The van der Waals surface area contributed by atoms with Gasteiger partial charge in [0.2, 0.25) is 0 Å². The van der Waals surface area contributed by atoms with Crippen LogP contribution < -0.4 is 5.32 Å². The lowest BCUT2D eigenvalue weighted by Gasteiger charge is -2.15. The van der Waals surface area contributed by atoms with Crippen molar-refractivity contribution in [2.24, 2.45) is 0 Å². The number of anilines is 1. The smallest absolute Gasteiger partial charge is 0.181 e. The molecule has 11 heteroatoms. The third-order valence-electron chi connectivity index (χ3n) is 4.37. The molecule has 1 saturated heterocycles. The Hall–Kier alpha value is -2.18. The highest BCUT2D eigenvalue weighted by Crippen LogP contribution is 2.35. The van der Waals surface area contributed by atoms with E-state index < -0.39 is 31.1 Å². The van der Waals surface area contributed by atoms with Crippen LogP contribution in [0.4, 0.5) is 5.82 Å². The molecule has 4 N–H and O–H groups in total. The van der Waals surface area contributed by atoms with E-state index in [2.05, 4.69) is 41.3 Å². The topological polar surface area (TPSA) is 138 Å². The zero-order chi connectivity index (χ0) is 19.0. The summed E-state index contributed by atoms with van der Waals surface area (Å²) in [6, 6.07) is 5.63. The lowest BCUT2D eigenvalue weighted by atomic mass is 10.1. The summed E-state index contributed by atoms with van der Waals surface area (Å²) >= 11 is 3.39. The minimum absolute atomic E-state index is 0.412. The number of hydrogen-bond donors (Lipinski definition) is 4. The van der Waals surface area contributed by atoms with Crippen molar-refractivity contribution in [1.82, 2.24) is 24.7 Å². The Kier molecular flexibility index (Phi) is 5.02. The highest BCUT2D eigenvalue weighted by Gasteiger charge is 2.44. The monoisotopic (exact) mass is 436 g/mol. The molecule has 0 amide bonds. The van der Waals surface area contributed by atoms with E-state index in [0.29, 0.717) is 28.0 Å². The van der Waals surface area contributed by atoms with E-state index in [1.165, 1.54) is 11.0 Å². The first-order valence-electron chi connectivity index (χ1n) is 8.25. The first kappa shape index (κ1) is 18.2. The number of ether oxygens (including phenoxy) is 1. The van der Waals surface area contributed by atoms with E-state index in [9.17, 15) is 15.3 Å². The summed E-state index contributed by atoms with van der Waals surface area (Å²) in [7, 11) is 0. The quantitative estimate of drug-likeness (QED) is 0.441. The number of aromatic nitrogens is 5. The molecule has 0 radical (unpaired) electrons. The van der Waals surface area contributed by atoms with Gasteiger partial charge in [-0.05, 0) is 28.1 Å². The Bertz CT molecular complexity index is 939. The van der Waals surface area contributed by atoms with Gasteiger partial charge < -0.3 is 25.4 Å². The molecule has 3 aromatic heterocycles. The molecule has 0 saturated carbocycles. The zero-order valence-corrected chi connectivity index (χ0v) is 15.6. The van der Waals surface area contributed by atoms with Gasteiger partial charge in [0.1, 0.15) is 35.1 Å². The van der Waals surface area contributed by atoms with Crippen LogP contribution in [0.3, 0.4) is 0 Å². The minimum atomic E-state index is -1.25. The summed E-state index contributed by atoms with van der Waals surface area (Å²) in [5.74, 6) is 0.538. The third-order valence-corrected chi connectivity index (χ3v) is 4.92. The largest absolute Gasteiger partial charge is 0.394 e. The van der Waals surface area contributed by atoms with Gasteiger partial charge in [-0.2, -0.15) is 5.10 Å². The van der Waals surface area contributed by atoms with Crippen molar-refractivity contribution in [2.75, 3.05) is 11.9 Å². The van der Waals surface area contributed by atoms with Crippen molar-refractivity contribution in [1.29, 1.82) is 0 Å². The minimum Gasteiger partial charge on any atom is -0.394 e. The highest BCUT2D eigenvalue weighted by atomic mass is 79.9. The van der Waals surface area contributed by atoms with Crippen LogP contribution in [0, 0.1) is 0 Å². The molecule has 4 rings (SSSR count). The summed E-state index contributed by atoms with van der Waals surface area (Å²) < 4.78 is 7.38. The Morgan fingerprint density at radius 3 is 2.74 bits per heavy atom. The summed E-state index contributed by atoms with van der Waals surface area (Å²) in [6.07, 6.45) is -1.27. The van der Waals surface area contributed by atoms with Crippen LogP contribution in [0.25, 0.3) is 11.0 Å². The van der Waals surface area contributed by atoms with Gasteiger partial charge in [-0.25, -0.2) is 14.6 Å².